The minimum Gasteiger partial charge on any atom is -0.496 e. The number of hydrogen-bond acceptors (Lipinski definition) is 4. The Bertz CT molecular complexity index is 604. The molecule has 0 unspecified atom stereocenters. The number of methoxy groups -OCH3 is 2. The van der Waals surface area contributed by atoms with Crippen LogP contribution in [0.3, 0.4) is 0 Å². The van der Waals surface area contributed by atoms with Crippen molar-refractivity contribution in [3.8, 4) is 5.75 Å². The minimum atomic E-state index is -0.250. The van der Waals surface area contributed by atoms with Gasteiger partial charge in [-0.2, -0.15) is 0 Å². The van der Waals surface area contributed by atoms with Crippen molar-refractivity contribution < 1.29 is 19.4 Å². The van der Waals surface area contributed by atoms with Crippen molar-refractivity contribution in [1.29, 1.82) is 0 Å². The summed E-state index contributed by atoms with van der Waals surface area (Å²) in [6.45, 7) is 7.54. The first-order chi connectivity index (χ1) is 12.5. The summed E-state index contributed by atoms with van der Waals surface area (Å²) in [7, 11) is 3.65. The summed E-state index contributed by atoms with van der Waals surface area (Å²) in [5, 5.41) is 6.89. The zero-order chi connectivity index (χ0) is 19.2. The molecule has 1 aromatic rings. The van der Waals surface area contributed by atoms with E-state index in [2.05, 4.69) is 30.9 Å². The van der Waals surface area contributed by atoms with E-state index in [1.807, 2.05) is 7.11 Å². The highest BCUT2D eigenvalue weighted by atomic mass is 16.5. The van der Waals surface area contributed by atoms with E-state index in [1.54, 1.807) is 7.11 Å². The summed E-state index contributed by atoms with van der Waals surface area (Å²) in [6, 6.07) is 4.48. The van der Waals surface area contributed by atoms with E-state index in [1.165, 1.54) is 61.9 Å². The predicted molar refractivity (Wildman–Crippen MR) is 103 cm³/mol. The van der Waals surface area contributed by atoms with Gasteiger partial charge in [-0.25, -0.2) is 0 Å². The van der Waals surface area contributed by atoms with E-state index >= 15 is 0 Å². The van der Waals surface area contributed by atoms with Crippen LogP contribution in [-0.4, -0.2) is 49.9 Å². The second-order valence-corrected chi connectivity index (χ2v) is 7.65. The van der Waals surface area contributed by atoms with Crippen molar-refractivity contribution in [2.24, 2.45) is 5.41 Å². The number of carbonyl (C=O) groups is 1. The quantitative estimate of drug-likeness (QED) is 0.825. The van der Waals surface area contributed by atoms with Crippen LogP contribution in [0, 0.1) is 19.3 Å². The lowest BCUT2D eigenvalue weighted by molar-refractivity contribution is -0.122. The monoisotopic (exact) mass is 363 g/mol. The van der Waals surface area contributed by atoms with Crippen LogP contribution in [0.1, 0.15) is 48.8 Å². The third-order valence-corrected chi connectivity index (χ3v) is 6.04. The molecule has 1 heterocycles. The van der Waals surface area contributed by atoms with Crippen molar-refractivity contribution in [2.75, 3.05) is 27.3 Å². The number of nitrogens with zero attached hydrogens (tertiary/aromatic N) is 1. The van der Waals surface area contributed by atoms with Gasteiger partial charge in [-0.3, -0.25) is 9.69 Å². The zero-order valence-corrected chi connectivity index (χ0v) is 16.6. The van der Waals surface area contributed by atoms with Gasteiger partial charge in [0.25, 0.3) is 6.47 Å². The molecule has 5 heteroatoms. The lowest BCUT2D eigenvalue weighted by Crippen LogP contribution is -2.47. The Morgan fingerprint density at radius 1 is 1.23 bits per heavy atom. The molecule has 1 saturated heterocycles. The van der Waals surface area contributed by atoms with Crippen LogP contribution in [-0.2, 0) is 16.1 Å². The Labute approximate surface area is 157 Å². The van der Waals surface area contributed by atoms with E-state index in [4.69, 9.17) is 19.4 Å². The molecule has 5 nitrogen and oxygen atoms in total. The molecule has 146 valence electrons. The summed E-state index contributed by atoms with van der Waals surface area (Å²) in [5.74, 6) is 0.997. The van der Waals surface area contributed by atoms with Crippen LogP contribution in [0.4, 0.5) is 0 Å². The third-order valence-electron chi connectivity index (χ3n) is 6.04. The average Bonchev–Trinajstić information content (AvgIpc) is 3.00. The van der Waals surface area contributed by atoms with Gasteiger partial charge in [0.2, 0.25) is 0 Å². The number of piperidine rings is 1. The van der Waals surface area contributed by atoms with E-state index in [-0.39, 0.29) is 6.47 Å². The highest BCUT2D eigenvalue weighted by Crippen LogP contribution is 2.46. The molecule has 1 aromatic carbocycles. The SMILES string of the molecule is COc1cc(C)c(CN2CCC[C@]3(CCC[C@H]3OC)C2)cc1C.O=CO. The van der Waals surface area contributed by atoms with E-state index in [9.17, 15) is 0 Å². The molecule has 1 saturated carbocycles. The molecule has 0 radical (unpaired) electrons. The topological polar surface area (TPSA) is 59.0 Å². The van der Waals surface area contributed by atoms with Crippen LogP contribution in [0.5, 0.6) is 5.75 Å². The Balaban J connectivity index is 0.000000758. The third kappa shape index (κ3) is 4.57. The van der Waals surface area contributed by atoms with Gasteiger partial charge < -0.3 is 14.6 Å². The molecule has 1 N–H and O–H groups in total. The molecule has 2 aliphatic rings. The summed E-state index contributed by atoms with van der Waals surface area (Å²) < 4.78 is 11.3. The van der Waals surface area contributed by atoms with E-state index in [0.717, 1.165) is 12.3 Å². The van der Waals surface area contributed by atoms with Crippen molar-refractivity contribution >= 4 is 6.47 Å². The van der Waals surface area contributed by atoms with Crippen LogP contribution >= 0.6 is 0 Å². The highest BCUT2D eigenvalue weighted by Gasteiger charge is 2.45. The Morgan fingerprint density at radius 3 is 2.58 bits per heavy atom. The largest absolute Gasteiger partial charge is 0.496 e. The summed E-state index contributed by atoms with van der Waals surface area (Å²) in [4.78, 5) is 11.0. The Kier molecular flexibility index (Phi) is 7.47. The predicted octanol–water partition coefficient (Wildman–Crippen LogP) is 3.79. The first-order valence-corrected chi connectivity index (χ1v) is 9.46. The molecule has 2 fully saturated rings. The van der Waals surface area contributed by atoms with Crippen molar-refractivity contribution in [3.63, 3.8) is 0 Å². The molecule has 26 heavy (non-hydrogen) atoms. The molecule has 3 rings (SSSR count). The number of rotatable bonds is 4. The molecule has 1 aliphatic heterocycles. The molecule has 0 bridgehead atoms. The first-order valence-electron chi connectivity index (χ1n) is 9.46. The highest BCUT2D eigenvalue weighted by molar-refractivity contribution is 5.41. The second kappa shape index (κ2) is 9.38. The fourth-order valence-corrected chi connectivity index (χ4v) is 4.82. The fraction of sp³-hybridized carbons (Fsp3) is 0.667. The van der Waals surface area contributed by atoms with Gasteiger partial charge in [-0.15, -0.1) is 0 Å². The lowest BCUT2D eigenvalue weighted by Gasteiger charge is -2.44. The lowest BCUT2D eigenvalue weighted by atomic mass is 9.76. The number of carboxylic acid groups (broad SMARTS) is 1. The molecule has 1 spiro atoms. The molecular weight excluding hydrogens is 330 g/mol. The number of hydrogen-bond donors (Lipinski definition) is 1. The van der Waals surface area contributed by atoms with Gasteiger partial charge in [-0.1, -0.05) is 12.5 Å². The van der Waals surface area contributed by atoms with E-state index < -0.39 is 0 Å². The number of likely N-dealkylation sites (tertiary alicyclic amines) is 1. The van der Waals surface area contributed by atoms with Crippen LogP contribution in [0.15, 0.2) is 12.1 Å². The molecule has 0 amide bonds. The Morgan fingerprint density at radius 2 is 1.92 bits per heavy atom. The normalized spacial score (nSPS) is 25.6. The first kappa shape index (κ1) is 20.7. The van der Waals surface area contributed by atoms with Crippen LogP contribution < -0.4 is 4.74 Å². The summed E-state index contributed by atoms with van der Waals surface area (Å²) in [6.07, 6.45) is 7.00. The fourth-order valence-electron chi connectivity index (χ4n) is 4.82. The van der Waals surface area contributed by atoms with Crippen LogP contribution in [0.2, 0.25) is 0 Å². The maximum atomic E-state index is 8.36. The number of aryl methyl sites for hydroxylation is 2. The van der Waals surface area contributed by atoms with Crippen molar-refractivity contribution in [1.82, 2.24) is 4.90 Å². The molecule has 0 aromatic heterocycles. The Hall–Kier alpha value is -1.59. The molecular formula is C21H33NO4. The number of benzene rings is 1. The number of ether oxygens (including phenoxy) is 2. The minimum absolute atomic E-state index is 0.250. The van der Waals surface area contributed by atoms with Gasteiger partial charge in [-0.05, 0) is 68.8 Å². The van der Waals surface area contributed by atoms with Gasteiger partial charge in [0.05, 0.1) is 13.2 Å². The standard InChI is InChI=1S/C20H31NO2.CH2O2/c1-15-12-18(22-3)16(2)11-17(15)13-21-10-6-9-20(14-21)8-5-7-19(20)23-4;2-1-3/h11-12,19H,5-10,13-14H2,1-4H3;1H,(H,2,3)/t19-,20-;/m1./s1. The van der Waals surface area contributed by atoms with Crippen molar-refractivity contribution in [3.05, 3.63) is 28.8 Å². The summed E-state index contributed by atoms with van der Waals surface area (Å²) >= 11 is 0. The second-order valence-electron chi connectivity index (χ2n) is 7.65. The van der Waals surface area contributed by atoms with Gasteiger partial charge in [0.15, 0.2) is 0 Å². The van der Waals surface area contributed by atoms with Gasteiger partial charge in [0.1, 0.15) is 5.75 Å². The van der Waals surface area contributed by atoms with Gasteiger partial charge >= 0.3 is 0 Å². The summed E-state index contributed by atoms with van der Waals surface area (Å²) in [5.41, 5.74) is 4.41. The maximum Gasteiger partial charge on any atom is 0.290 e. The smallest absolute Gasteiger partial charge is 0.290 e. The average molecular weight is 363 g/mol. The molecule has 2 atom stereocenters. The molecule has 1 aliphatic carbocycles. The van der Waals surface area contributed by atoms with E-state index in [0.29, 0.717) is 11.5 Å². The van der Waals surface area contributed by atoms with Crippen LogP contribution in [0.25, 0.3) is 0 Å². The zero-order valence-electron chi connectivity index (χ0n) is 16.6. The van der Waals surface area contributed by atoms with Gasteiger partial charge in [0, 0.05) is 25.6 Å². The maximum absolute atomic E-state index is 8.36. The van der Waals surface area contributed by atoms with Crippen molar-refractivity contribution in [2.45, 2.75) is 58.6 Å².